The van der Waals surface area contributed by atoms with E-state index in [1.54, 1.807) is 11.3 Å². The van der Waals surface area contributed by atoms with Crippen molar-refractivity contribution in [3.63, 3.8) is 0 Å². The van der Waals surface area contributed by atoms with Crippen molar-refractivity contribution < 1.29 is 9.53 Å². The fraction of sp³-hybridized carbons (Fsp3) is 0.524. The number of hydrogen-bond acceptors (Lipinski definition) is 5. The van der Waals surface area contributed by atoms with Gasteiger partial charge < -0.3 is 15.0 Å². The van der Waals surface area contributed by atoms with Crippen LogP contribution in [0.15, 0.2) is 23.6 Å². The molecule has 1 atom stereocenters. The minimum Gasteiger partial charge on any atom is -0.376 e. The molecule has 1 saturated heterocycles. The Hall–Kier alpha value is -1.92. The van der Waals surface area contributed by atoms with Gasteiger partial charge in [0.15, 0.2) is 5.13 Å². The summed E-state index contributed by atoms with van der Waals surface area (Å²) in [6, 6.07) is 6.38. The smallest absolute Gasteiger partial charge is 0.229 e. The molecule has 0 radical (unpaired) electrons. The van der Waals surface area contributed by atoms with E-state index in [4.69, 9.17) is 9.72 Å². The summed E-state index contributed by atoms with van der Waals surface area (Å²) in [5.74, 6) is 0.227. The Morgan fingerprint density at radius 3 is 3.07 bits per heavy atom. The quantitative estimate of drug-likeness (QED) is 0.832. The molecule has 1 unspecified atom stereocenters. The average molecular weight is 386 g/mol. The molecule has 0 spiro atoms. The second-order valence-electron chi connectivity index (χ2n) is 7.65. The van der Waals surface area contributed by atoms with Crippen LogP contribution in [-0.2, 0) is 16.0 Å². The zero-order valence-corrected chi connectivity index (χ0v) is 16.8. The van der Waals surface area contributed by atoms with Crippen LogP contribution in [0.3, 0.4) is 0 Å². The molecule has 6 heteroatoms. The second kappa shape index (κ2) is 7.98. The van der Waals surface area contributed by atoms with Crippen LogP contribution in [0.5, 0.6) is 0 Å². The zero-order valence-electron chi connectivity index (χ0n) is 16.0. The van der Waals surface area contributed by atoms with Crippen LogP contribution in [0, 0.1) is 5.92 Å². The number of anilines is 2. The summed E-state index contributed by atoms with van der Waals surface area (Å²) >= 11 is 1.63. The first-order valence-electron chi connectivity index (χ1n) is 9.87. The molecule has 1 aromatic carbocycles. The van der Waals surface area contributed by atoms with E-state index < -0.39 is 0 Å². The van der Waals surface area contributed by atoms with Crippen molar-refractivity contribution in [3.05, 3.63) is 29.1 Å². The lowest BCUT2D eigenvalue weighted by molar-refractivity contribution is -0.121. The SMILES string of the molecule is CC(C)C(=O)N1CCCc2cc(-c3csc(NCC4CCCO4)n3)ccc21. The van der Waals surface area contributed by atoms with Crippen LogP contribution in [0.25, 0.3) is 11.3 Å². The van der Waals surface area contributed by atoms with Crippen molar-refractivity contribution in [2.75, 3.05) is 29.9 Å². The first kappa shape index (κ1) is 18.4. The Labute approximate surface area is 164 Å². The number of aromatic nitrogens is 1. The molecule has 144 valence electrons. The van der Waals surface area contributed by atoms with Gasteiger partial charge in [0.05, 0.1) is 11.8 Å². The third kappa shape index (κ3) is 4.01. The van der Waals surface area contributed by atoms with Crippen LogP contribution in [0.4, 0.5) is 10.8 Å². The molecule has 2 aliphatic rings. The van der Waals surface area contributed by atoms with Crippen LogP contribution in [0.2, 0.25) is 0 Å². The highest BCUT2D eigenvalue weighted by Crippen LogP contribution is 2.33. The van der Waals surface area contributed by atoms with Crippen molar-refractivity contribution >= 4 is 28.1 Å². The maximum absolute atomic E-state index is 12.5. The summed E-state index contributed by atoms with van der Waals surface area (Å²) in [4.78, 5) is 19.2. The molecule has 0 aliphatic carbocycles. The normalized spacial score (nSPS) is 19.4. The first-order valence-corrected chi connectivity index (χ1v) is 10.8. The number of fused-ring (bicyclic) bond motifs is 1. The molecular formula is C21H27N3O2S. The number of carbonyl (C=O) groups excluding carboxylic acids is 1. The molecule has 27 heavy (non-hydrogen) atoms. The highest BCUT2D eigenvalue weighted by Gasteiger charge is 2.24. The van der Waals surface area contributed by atoms with Gasteiger partial charge in [0.2, 0.25) is 5.91 Å². The summed E-state index contributed by atoms with van der Waals surface area (Å²) in [5.41, 5.74) is 4.42. The molecule has 1 amide bonds. The predicted octanol–water partition coefficient (Wildman–Crippen LogP) is 4.34. The van der Waals surface area contributed by atoms with E-state index in [0.29, 0.717) is 6.10 Å². The summed E-state index contributed by atoms with van der Waals surface area (Å²) < 4.78 is 5.66. The van der Waals surface area contributed by atoms with Crippen LogP contribution in [-0.4, -0.2) is 36.7 Å². The number of ether oxygens (including phenoxy) is 1. The number of thiazole rings is 1. The fourth-order valence-corrected chi connectivity index (χ4v) is 4.52. The van der Waals surface area contributed by atoms with Gasteiger partial charge in [-0.05, 0) is 43.4 Å². The van der Waals surface area contributed by atoms with E-state index in [-0.39, 0.29) is 11.8 Å². The Bertz CT molecular complexity index is 812. The average Bonchev–Trinajstić information content (AvgIpc) is 3.36. The molecule has 5 nitrogen and oxygen atoms in total. The molecular weight excluding hydrogens is 358 g/mol. The number of benzene rings is 1. The lowest BCUT2D eigenvalue weighted by Crippen LogP contribution is -2.38. The number of hydrogen-bond donors (Lipinski definition) is 1. The molecule has 3 heterocycles. The lowest BCUT2D eigenvalue weighted by atomic mass is 9.97. The van der Waals surface area contributed by atoms with Gasteiger partial charge in [-0.1, -0.05) is 19.9 Å². The summed E-state index contributed by atoms with van der Waals surface area (Å²) in [6.45, 7) is 6.44. The van der Waals surface area contributed by atoms with Crippen molar-refractivity contribution in [3.8, 4) is 11.3 Å². The van der Waals surface area contributed by atoms with Gasteiger partial charge >= 0.3 is 0 Å². The largest absolute Gasteiger partial charge is 0.376 e. The molecule has 4 rings (SSSR count). The summed E-state index contributed by atoms with van der Waals surface area (Å²) in [6.07, 6.45) is 4.62. The van der Waals surface area contributed by atoms with Gasteiger partial charge in [0.1, 0.15) is 0 Å². The predicted molar refractivity (Wildman–Crippen MR) is 111 cm³/mol. The number of nitrogens with one attached hydrogen (secondary N) is 1. The van der Waals surface area contributed by atoms with E-state index in [9.17, 15) is 4.79 Å². The molecule has 2 aromatic rings. The van der Waals surface area contributed by atoms with Crippen molar-refractivity contribution in [2.24, 2.45) is 5.92 Å². The van der Waals surface area contributed by atoms with E-state index in [2.05, 4.69) is 28.9 Å². The number of amides is 1. The number of aryl methyl sites for hydroxylation is 1. The first-order chi connectivity index (χ1) is 13.1. The highest BCUT2D eigenvalue weighted by atomic mass is 32.1. The molecule has 0 saturated carbocycles. The van der Waals surface area contributed by atoms with Gasteiger partial charge in [0, 0.05) is 42.2 Å². The number of carbonyl (C=O) groups is 1. The summed E-state index contributed by atoms with van der Waals surface area (Å²) in [7, 11) is 0. The van der Waals surface area contributed by atoms with E-state index in [1.165, 1.54) is 5.56 Å². The maximum atomic E-state index is 12.5. The minimum atomic E-state index is 0.0200. The standard InChI is InChI=1S/C21H27N3O2S/c1-14(2)20(25)24-9-3-5-16-11-15(7-8-19(16)24)18-13-27-21(23-18)22-12-17-6-4-10-26-17/h7-8,11,13-14,17H,3-6,9-10,12H2,1-2H3,(H,22,23). The third-order valence-electron chi connectivity index (χ3n) is 5.26. The Balaban J connectivity index is 1.49. The Morgan fingerprint density at radius 2 is 2.30 bits per heavy atom. The monoisotopic (exact) mass is 385 g/mol. The van der Waals surface area contributed by atoms with Crippen molar-refractivity contribution in [1.82, 2.24) is 4.98 Å². The molecule has 1 fully saturated rings. The van der Waals surface area contributed by atoms with Crippen molar-refractivity contribution in [1.29, 1.82) is 0 Å². The van der Waals surface area contributed by atoms with Gasteiger partial charge in [-0.15, -0.1) is 11.3 Å². The van der Waals surface area contributed by atoms with Crippen LogP contribution in [0.1, 0.15) is 38.7 Å². The molecule has 2 aliphatic heterocycles. The van der Waals surface area contributed by atoms with Gasteiger partial charge in [-0.2, -0.15) is 0 Å². The highest BCUT2D eigenvalue weighted by molar-refractivity contribution is 7.14. The number of rotatable bonds is 5. The van der Waals surface area contributed by atoms with Crippen molar-refractivity contribution in [2.45, 2.75) is 45.6 Å². The van der Waals surface area contributed by atoms with Crippen LogP contribution < -0.4 is 10.2 Å². The summed E-state index contributed by atoms with van der Waals surface area (Å²) in [5, 5.41) is 6.44. The Kier molecular flexibility index (Phi) is 5.45. The van der Waals surface area contributed by atoms with Gasteiger partial charge in [-0.25, -0.2) is 4.98 Å². The zero-order chi connectivity index (χ0) is 18.8. The van der Waals surface area contributed by atoms with Gasteiger partial charge in [0.25, 0.3) is 0 Å². The fourth-order valence-electron chi connectivity index (χ4n) is 3.79. The van der Waals surface area contributed by atoms with Gasteiger partial charge in [-0.3, -0.25) is 4.79 Å². The van der Waals surface area contributed by atoms with E-state index in [0.717, 1.165) is 67.5 Å². The number of nitrogens with zero attached hydrogens (tertiary/aromatic N) is 2. The molecule has 0 bridgehead atoms. The lowest BCUT2D eigenvalue weighted by Gasteiger charge is -2.31. The maximum Gasteiger partial charge on any atom is 0.229 e. The minimum absolute atomic E-state index is 0.0200. The molecule has 1 aromatic heterocycles. The second-order valence-corrected chi connectivity index (χ2v) is 8.50. The Morgan fingerprint density at radius 1 is 1.41 bits per heavy atom. The topological polar surface area (TPSA) is 54.5 Å². The van der Waals surface area contributed by atoms with E-state index in [1.807, 2.05) is 18.7 Å². The van der Waals surface area contributed by atoms with E-state index >= 15 is 0 Å². The van der Waals surface area contributed by atoms with Crippen LogP contribution >= 0.6 is 11.3 Å². The third-order valence-corrected chi connectivity index (χ3v) is 6.06. The molecule has 1 N–H and O–H groups in total.